The zero-order chi connectivity index (χ0) is 9.99. The van der Waals surface area contributed by atoms with Crippen molar-refractivity contribution < 1.29 is 13.2 Å². The van der Waals surface area contributed by atoms with Gasteiger partial charge in [0.1, 0.15) is 0 Å². The van der Waals surface area contributed by atoms with E-state index < -0.39 is 18.0 Å². The maximum Gasteiger partial charge on any atom is 0.389 e. The molecule has 0 aliphatic rings. The van der Waals surface area contributed by atoms with Crippen LogP contribution < -0.4 is 5.73 Å². The molecular weight excluding hydrogens is 167 g/mol. The van der Waals surface area contributed by atoms with Crippen LogP contribution in [0.25, 0.3) is 0 Å². The molecule has 0 aromatic heterocycles. The Morgan fingerprint density at radius 3 is 1.92 bits per heavy atom. The van der Waals surface area contributed by atoms with Crippen LogP contribution in [0.4, 0.5) is 13.2 Å². The van der Waals surface area contributed by atoms with Crippen LogP contribution in [0.5, 0.6) is 0 Å². The molecule has 0 radical (unpaired) electrons. The van der Waals surface area contributed by atoms with E-state index >= 15 is 0 Å². The highest BCUT2D eigenvalue weighted by Crippen LogP contribution is 2.38. The van der Waals surface area contributed by atoms with Gasteiger partial charge in [0.05, 0.1) is 0 Å². The molecule has 0 amide bonds. The van der Waals surface area contributed by atoms with E-state index in [2.05, 4.69) is 0 Å². The zero-order valence-corrected chi connectivity index (χ0v) is 7.70. The Morgan fingerprint density at radius 2 is 1.67 bits per heavy atom. The van der Waals surface area contributed by atoms with Gasteiger partial charge in [0.2, 0.25) is 0 Å². The fraction of sp³-hybridized carbons (Fsp3) is 1.00. The van der Waals surface area contributed by atoms with Crippen molar-refractivity contribution in [1.29, 1.82) is 0 Å². The number of alkyl halides is 3. The van der Waals surface area contributed by atoms with E-state index in [0.717, 1.165) is 0 Å². The van der Waals surface area contributed by atoms with E-state index in [-0.39, 0.29) is 5.92 Å². The van der Waals surface area contributed by atoms with Gasteiger partial charge in [-0.25, -0.2) is 0 Å². The molecule has 0 saturated carbocycles. The predicted molar refractivity (Wildman–Crippen MR) is 42.7 cm³/mol. The van der Waals surface area contributed by atoms with Crippen molar-refractivity contribution in [3.8, 4) is 0 Å². The first kappa shape index (κ1) is 11.8. The summed E-state index contributed by atoms with van der Waals surface area (Å²) in [5, 5.41) is 0. The van der Waals surface area contributed by atoms with Gasteiger partial charge in [0.15, 0.2) is 0 Å². The van der Waals surface area contributed by atoms with Gasteiger partial charge in [0, 0.05) is 6.42 Å². The lowest BCUT2D eigenvalue weighted by atomic mass is 9.77. The maximum atomic E-state index is 12.0. The zero-order valence-electron chi connectivity index (χ0n) is 7.70. The molecular formula is C8H16F3N. The summed E-state index contributed by atoms with van der Waals surface area (Å²) in [5.41, 5.74) is 4.55. The summed E-state index contributed by atoms with van der Waals surface area (Å²) in [6.07, 6.45) is -4.86. The van der Waals surface area contributed by atoms with E-state index in [1.54, 1.807) is 20.8 Å². The van der Waals surface area contributed by atoms with E-state index in [1.165, 1.54) is 0 Å². The van der Waals surface area contributed by atoms with Crippen molar-refractivity contribution in [2.75, 3.05) is 6.54 Å². The Bertz CT molecular complexity index is 140. The summed E-state index contributed by atoms with van der Waals surface area (Å²) in [5.74, 6) is -0.112. The summed E-state index contributed by atoms with van der Waals surface area (Å²) < 4.78 is 36.0. The van der Waals surface area contributed by atoms with Crippen LogP contribution in [0.2, 0.25) is 0 Å². The van der Waals surface area contributed by atoms with Gasteiger partial charge in [-0.2, -0.15) is 13.2 Å². The van der Waals surface area contributed by atoms with Crippen molar-refractivity contribution in [3.05, 3.63) is 0 Å². The molecule has 0 aliphatic heterocycles. The molecule has 0 aliphatic carbocycles. The Morgan fingerprint density at radius 1 is 1.25 bits per heavy atom. The van der Waals surface area contributed by atoms with E-state index in [1.807, 2.05) is 0 Å². The standard InChI is InChI=1S/C8H16F3N/c1-6(4-12)7(2,3)5-8(9,10)11/h6H,4-5,12H2,1-3H3/t6-/m1/s1. The third-order valence-electron chi connectivity index (χ3n) is 2.34. The van der Waals surface area contributed by atoms with Crippen LogP contribution in [-0.4, -0.2) is 12.7 Å². The average Bonchev–Trinajstić information content (AvgIpc) is 1.80. The van der Waals surface area contributed by atoms with Gasteiger partial charge in [-0.15, -0.1) is 0 Å². The second kappa shape index (κ2) is 3.64. The minimum absolute atomic E-state index is 0.112. The van der Waals surface area contributed by atoms with Gasteiger partial charge in [0.25, 0.3) is 0 Å². The third-order valence-corrected chi connectivity index (χ3v) is 2.34. The highest BCUT2D eigenvalue weighted by atomic mass is 19.4. The van der Waals surface area contributed by atoms with Crippen molar-refractivity contribution in [2.24, 2.45) is 17.1 Å². The Balaban J connectivity index is 4.22. The summed E-state index contributed by atoms with van der Waals surface area (Å²) in [4.78, 5) is 0. The molecule has 74 valence electrons. The first-order valence-electron chi connectivity index (χ1n) is 3.96. The van der Waals surface area contributed by atoms with Crippen molar-refractivity contribution in [2.45, 2.75) is 33.4 Å². The van der Waals surface area contributed by atoms with Gasteiger partial charge in [-0.1, -0.05) is 20.8 Å². The predicted octanol–water partition coefficient (Wildman–Crippen LogP) is 2.56. The minimum Gasteiger partial charge on any atom is -0.330 e. The molecule has 0 saturated heterocycles. The summed E-state index contributed by atoms with van der Waals surface area (Å²) >= 11 is 0. The van der Waals surface area contributed by atoms with Crippen molar-refractivity contribution >= 4 is 0 Å². The summed E-state index contributed by atoms with van der Waals surface area (Å²) in [7, 11) is 0. The number of nitrogens with two attached hydrogens (primary N) is 1. The highest BCUT2D eigenvalue weighted by molar-refractivity contribution is 4.78. The molecule has 0 aromatic rings. The highest BCUT2D eigenvalue weighted by Gasteiger charge is 2.38. The van der Waals surface area contributed by atoms with Crippen LogP contribution in [0.15, 0.2) is 0 Å². The fourth-order valence-corrected chi connectivity index (χ4v) is 1.01. The molecule has 0 aromatic carbocycles. The van der Waals surface area contributed by atoms with Crippen molar-refractivity contribution in [3.63, 3.8) is 0 Å². The number of rotatable bonds is 3. The lowest BCUT2D eigenvalue weighted by molar-refractivity contribution is -0.159. The Labute approximate surface area is 71.1 Å². The molecule has 12 heavy (non-hydrogen) atoms. The lowest BCUT2D eigenvalue weighted by Gasteiger charge is -2.31. The van der Waals surface area contributed by atoms with E-state index in [0.29, 0.717) is 6.54 Å². The van der Waals surface area contributed by atoms with Crippen LogP contribution in [0.1, 0.15) is 27.2 Å². The van der Waals surface area contributed by atoms with E-state index in [9.17, 15) is 13.2 Å². The minimum atomic E-state index is -4.09. The molecule has 0 rings (SSSR count). The molecule has 2 N–H and O–H groups in total. The van der Waals surface area contributed by atoms with E-state index in [4.69, 9.17) is 5.73 Å². The van der Waals surface area contributed by atoms with Gasteiger partial charge in [-0.3, -0.25) is 0 Å². The van der Waals surface area contributed by atoms with Crippen LogP contribution in [-0.2, 0) is 0 Å². The van der Waals surface area contributed by atoms with Crippen LogP contribution in [0.3, 0.4) is 0 Å². The van der Waals surface area contributed by atoms with Crippen LogP contribution in [0, 0.1) is 11.3 Å². The average molecular weight is 183 g/mol. The van der Waals surface area contributed by atoms with Gasteiger partial charge >= 0.3 is 6.18 Å². The third kappa shape index (κ3) is 3.95. The first-order chi connectivity index (χ1) is 5.19. The topological polar surface area (TPSA) is 26.0 Å². The lowest BCUT2D eigenvalue weighted by Crippen LogP contribution is -2.32. The largest absolute Gasteiger partial charge is 0.389 e. The molecule has 0 heterocycles. The molecule has 0 bridgehead atoms. The van der Waals surface area contributed by atoms with Gasteiger partial charge in [-0.05, 0) is 17.9 Å². The summed E-state index contributed by atoms with van der Waals surface area (Å²) in [6, 6.07) is 0. The smallest absolute Gasteiger partial charge is 0.330 e. The number of halogens is 3. The molecule has 0 unspecified atom stereocenters. The Hall–Kier alpha value is -0.250. The SMILES string of the molecule is C[C@H](CN)C(C)(C)CC(F)(F)F. The summed E-state index contributed by atoms with van der Waals surface area (Å²) in [6.45, 7) is 5.23. The molecule has 1 atom stereocenters. The second-order valence-corrected chi connectivity index (χ2v) is 3.92. The maximum absolute atomic E-state index is 12.0. The van der Waals surface area contributed by atoms with Crippen LogP contribution >= 0.6 is 0 Å². The Kier molecular flexibility index (Phi) is 3.57. The normalized spacial score (nSPS) is 16.2. The second-order valence-electron chi connectivity index (χ2n) is 3.92. The van der Waals surface area contributed by atoms with Gasteiger partial charge < -0.3 is 5.73 Å². The monoisotopic (exact) mass is 183 g/mol. The molecule has 4 heteroatoms. The molecule has 1 nitrogen and oxygen atoms in total. The number of hydrogen-bond acceptors (Lipinski definition) is 1. The molecule has 0 spiro atoms. The fourth-order valence-electron chi connectivity index (χ4n) is 1.01. The van der Waals surface area contributed by atoms with Crippen molar-refractivity contribution in [1.82, 2.24) is 0 Å². The number of hydrogen-bond donors (Lipinski definition) is 1. The molecule has 0 fully saturated rings. The quantitative estimate of drug-likeness (QED) is 0.715. The first-order valence-corrected chi connectivity index (χ1v) is 3.96.